The highest BCUT2D eigenvalue weighted by atomic mass is 32.2. The topological polar surface area (TPSA) is 98.8 Å². The largest absolute Gasteiger partial charge is 0.468 e. The van der Waals surface area contributed by atoms with E-state index in [1.54, 1.807) is 13.8 Å². The van der Waals surface area contributed by atoms with Gasteiger partial charge in [-0.2, -0.15) is 4.72 Å². The fraction of sp³-hybridized carbons (Fsp3) is 0.429. The van der Waals surface area contributed by atoms with Crippen molar-refractivity contribution in [2.75, 3.05) is 14.2 Å². The van der Waals surface area contributed by atoms with Crippen molar-refractivity contribution in [3.05, 3.63) is 29.6 Å². The second-order valence-corrected chi connectivity index (χ2v) is 6.69. The van der Waals surface area contributed by atoms with Gasteiger partial charge in [0.2, 0.25) is 10.0 Å². The maximum atomic E-state index is 13.9. The van der Waals surface area contributed by atoms with Crippen LogP contribution in [0.3, 0.4) is 0 Å². The van der Waals surface area contributed by atoms with Crippen LogP contribution < -0.4 is 4.72 Å². The number of esters is 2. The molecule has 0 aliphatic heterocycles. The van der Waals surface area contributed by atoms with Crippen LogP contribution in [-0.2, 0) is 24.3 Å². The summed E-state index contributed by atoms with van der Waals surface area (Å²) in [5.41, 5.74) is -0.131. The van der Waals surface area contributed by atoms with Crippen LogP contribution in [0.5, 0.6) is 0 Å². The van der Waals surface area contributed by atoms with Crippen LogP contribution >= 0.6 is 0 Å². The fourth-order valence-corrected chi connectivity index (χ4v) is 3.20. The van der Waals surface area contributed by atoms with Crippen molar-refractivity contribution in [2.45, 2.75) is 24.8 Å². The van der Waals surface area contributed by atoms with Gasteiger partial charge in [-0.15, -0.1) is 0 Å². The lowest BCUT2D eigenvalue weighted by Crippen LogP contribution is -2.45. The molecular weight excluding hydrogens is 329 g/mol. The van der Waals surface area contributed by atoms with Gasteiger partial charge in [0.1, 0.15) is 16.8 Å². The van der Waals surface area contributed by atoms with Crippen LogP contribution in [0.2, 0.25) is 0 Å². The molecule has 0 radical (unpaired) electrons. The highest BCUT2D eigenvalue weighted by Crippen LogP contribution is 2.19. The number of sulfonamides is 1. The van der Waals surface area contributed by atoms with Gasteiger partial charge in [-0.3, -0.25) is 4.79 Å². The second kappa shape index (κ2) is 7.51. The number of carbonyl (C=O) groups excluding carboxylic acids is 2. The van der Waals surface area contributed by atoms with Gasteiger partial charge >= 0.3 is 11.9 Å². The summed E-state index contributed by atoms with van der Waals surface area (Å²) in [6.45, 7) is 3.21. The Kier molecular flexibility index (Phi) is 6.22. The molecule has 1 N–H and O–H groups in total. The predicted molar refractivity (Wildman–Crippen MR) is 78.7 cm³/mol. The zero-order chi connectivity index (χ0) is 17.8. The van der Waals surface area contributed by atoms with Gasteiger partial charge in [-0.1, -0.05) is 13.8 Å². The van der Waals surface area contributed by atoms with E-state index in [2.05, 4.69) is 14.2 Å². The van der Waals surface area contributed by atoms with E-state index < -0.39 is 44.6 Å². The first kappa shape index (κ1) is 19.0. The summed E-state index contributed by atoms with van der Waals surface area (Å²) in [6.07, 6.45) is 0. The zero-order valence-corrected chi connectivity index (χ0v) is 13.9. The summed E-state index contributed by atoms with van der Waals surface area (Å²) in [7, 11) is -2.16. The van der Waals surface area contributed by atoms with Gasteiger partial charge < -0.3 is 9.47 Å². The summed E-state index contributed by atoms with van der Waals surface area (Å²) < 4.78 is 49.7. The molecule has 0 bridgehead atoms. The molecule has 1 aromatic carbocycles. The number of hydrogen-bond donors (Lipinski definition) is 1. The molecule has 7 nitrogen and oxygen atoms in total. The quantitative estimate of drug-likeness (QED) is 0.774. The van der Waals surface area contributed by atoms with Crippen molar-refractivity contribution in [1.29, 1.82) is 0 Å². The van der Waals surface area contributed by atoms with Crippen molar-refractivity contribution in [3.63, 3.8) is 0 Å². The first-order chi connectivity index (χ1) is 10.6. The molecule has 0 unspecified atom stereocenters. The van der Waals surface area contributed by atoms with Crippen LogP contribution in [0.25, 0.3) is 0 Å². The van der Waals surface area contributed by atoms with Crippen LogP contribution in [0.15, 0.2) is 23.1 Å². The SMILES string of the molecule is COC(=O)c1ccc(F)c(S(=O)(=O)N[C@H](C(=O)OC)C(C)C)c1. The first-order valence-corrected chi connectivity index (χ1v) is 8.10. The number of benzene rings is 1. The minimum Gasteiger partial charge on any atom is -0.468 e. The van der Waals surface area contributed by atoms with E-state index in [4.69, 9.17) is 0 Å². The number of halogens is 1. The summed E-state index contributed by atoms with van der Waals surface area (Å²) in [4.78, 5) is 22.4. The van der Waals surface area contributed by atoms with Crippen molar-refractivity contribution < 1.29 is 31.9 Å². The summed E-state index contributed by atoms with van der Waals surface area (Å²) in [5.74, 6) is -3.09. The molecule has 23 heavy (non-hydrogen) atoms. The predicted octanol–water partition coefficient (Wildman–Crippen LogP) is 1.09. The van der Waals surface area contributed by atoms with Crippen LogP contribution in [-0.4, -0.2) is 40.6 Å². The normalized spacial score (nSPS) is 12.8. The van der Waals surface area contributed by atoms with Gasteiger partial charge in [0.05, 0.1) is 19.8 Å². The number of ether oxygens (including phenoxy) is 2. The Morgan fingerprint density at radius 3 is 2.26 bits per heavy atom. The van der Waals surface area contributed by atoms with Crippen LogP contribution in [0, 0.1) is 11.7 Å². The van der Waals surface area contributed by atoms with Crippen LogP contribution in [0.1, 0.15) is 24.2 Å². The van der Waals surface area contributed by atoms with E-state index in [1.807, 2.05) is 0 Å². The second-order valence-electron chi connectivity index (χ2n) is 5.00. The van der Waals surface area contributed by atoms with E-state index in [0.717, 1.165) is 32.4 Å². The molecule has 128 valence electrons. The summed E-state index contributed by atoms with van der Waals surface area (Å²) in [5, 5.41) is 0. The lowest BCUT2D eigenvalue weighted by molar-refractivity contribution is -0.143. The van der Waals surface area contributed by atoms with Gasteiger partial charge in [-0.05, 0) is 24.1 Å². The number of hydrogen-bond acceptors (Lipinski definition) is 6. The lowest BCUT2D eigenvalue weighted by Gasteiger charge is -2.20. The highest BCUT2D eigenvalue weighted by molar-refractivity contribution is 7.89. The maximum Gasteiger partial charge on any atom is 0.337 e. The minimum atomic E-state index is -4.39. The molecular formula is C14H18FNO6S. The number of carbonyl (C=O) groups is 2. The Morgan fingerprint density at radius 1 is 1.17 bits per heavy atom. The number of nitrogens with one attached hydrogen (secondary N) is 1. The molecule has 0 fully saturated rings. The summed E-state index contributed by atoms with van der Waals surface area (Å²) in [6, 6.07) is 1.59. The van der Waals surface area contributed by atoms with E-state index in [-0.39, 0.29) is 5.56 Å². The average Bonchev–Trinajstić information content (AvgIpc) is 2.51. The minimum absolute atomic E-state index is 0.131. The molecule has 0 aliphatic carbocycles. The molecule has 0 heterocycles. The lowest BCUT2D eigenvalue weighted by atomic mass is 10.1. The number of methoxy groups -OCH3 is 2. The molecule has 0 saturated carbocycles. The van der Waals surface area contributed by atoms with Crippen molar-refractivity contribution >= 4 is 22.0 Å². The van der Waals surface area contributed by atoms with E-state index in [0.29, 0.717) is 0 Å². The van der Waals surface area contributed by atoms with E-state index in [9.17, 15) is 22.4 Å². The molecule has 9 heteroatoms. The average molecular weight is 347 g/mol. The standard InChI is InChI=1S/C14H18FNO6S/c1-8(2)12(14(18)22-4)16-23(19,20)11-7-9(13(17)21-3)5-6-10(11)15/h5-8,12,16H,1-4H3/t12-/m0/s1. The number of rotatable bonds is 6. The van der Waals surface area contributed by atoms with Gasteiger partial charge in [0.15, 0.2) is 0 Å². The van der Waals surface area contributed by atoms with Gasteiger partial charge in [-0.25, -0.2) is 17.6 Å². The fourth-order valence-electron chi connectivity index (χ4n) is 1.77. The third-order valence-corrected chi connectivity index (χ3v) is 4.50. The smallest absolute Gasteiger partial charge is 0.337 e. The van der Waals surface area contributed by atoms with Crippen LogP contribution in [0.4, 0.5) is 4.39 Å². The zero-order valence-electron chi connectivity index (χ0n) is 13.1. The Labute approximate surface area is 133 Å². The monoisotopic (exact) mass is 347 g/mol. The first-order valence-electron chi connectivity index (χ1n) is 6.62. The summed E-state index contributed by atoms with van der Waals surface area (Å²) >= 11 is 0. The molecule has 0 aromatic heterocycles. The molecule has 0 amide bonds. The van der Waals surface area contributed by atoms with Crippen molar-refractivity contribution in [3.8, 4) is 0 Å². The Hall–Kier alpha value is -2.00. The Balaban J connectivity index is 3.27. The van der Waals surface area contributed by atoms with E-state index in [1.165, 1.54) is 0 Å². The molecule has 0 aliphatic rings. The molecule has 1 atom stereocenters. The molecule has 1 aromatic rings. The third kappa shape index (κ3) is 4.49. The third-order valence-electron chi connectivity index (χ3n) is 3.05. The Morgan fingerprint density at radius 2 is 1.78 bits per heavy atom. The Bertz CT molecular complexity index is 701. The molecule has 0 saturated heterocycles. The molecule has 0 spiro atoms. The highest BCUT2D eigenvalue weighted by Gasteiger charge is 2.31. The maximum absolute atomic E-state index is 13.9. The van der Waals surface area contributed by atoms with Gasteiger partial charge in [0.25, 0.3) is 0 Å². The van der Waals surface area contributed by atoms with Crippen molar-refractivity contribution in [2.24, 2.45) is 5.92 Å². The van der Waals surface area contributed by atoms with Crippen molar-refractivity contribution in [1.82, 2.24) is 4.72 Å². The molecule has 1 rings (SSSR count). The van der Waals surface area contributed by atoms with Gasteiger partial charge in [0, 0.05) is 0 Å². The van der Waals surface area contributed by atoms with E-state index >= 15 is 0 Å².